The van der Waals surface area contributed by atoms with E-state index in [1.807, 2.05) is 13.0 Å². The van der Waals surface area contributed by atoms with Gasteiger partial charge in [0.2, 0.25) is 5.96 Å². The van der Waals surface area contributed by atoms with Gasteiger partial charge in [0.15, 0.2) is 6.23 Å². The second-order valence-corrected chi connectivity index (χ2v) is 6.55. The predicted octanol–water partition coefficient (Wildman–Crippen LogP) is 2.14. The van der Waals surface area contributed by atoms with Crippen molar-refractivity contribution in [3.63, 3.8) is 0 Å². The minimum Gasteiger partial charge on any atom is -0.306 e. The number of likely N-dealkylation sites (tertiary alicyclic amines) is 1. The van der Waals surface area contributed by atoms with E-state index in [1.54, 1.807) is 10.7 Å². The molecule has 128 valence electrons. The molecule has 1 aromatic carbocycles. The molecule has 0 spiro atoms. The Hall–Kier alpha value is -1.99. The minimum atomic E-state index is -0.299. The van der Waals surface area contributed by atoms with Crippen LogP contribution < -0.4 is 5.48 Å². The maximum atomic E-state index is 14.4. The van der Waals surface area contributed by atoms with E-state index in [9.17, 15) is 4.39 Å². The quantitative estimate of drug-likeness (QED) is 0.916. The molecule has 1 N–H and O–H groups in total. The van der Waals surface area contributed by atoms with Crippen molar-refractivity contribution in [3.05, 3.63) is 29.7 Å². The van der Waals surface area contributed by atoms with Crippen molar-refractivity contribution in [2.75, 3.05) is 20.1 Å². The standard InChI is InChI=1S/C17H22FN5O/c1-3-14-12-5-4-6-13(18)15(12)23(20-14)17-19-16(24-21-17)11-7-9-22(2)10-8-11/h4-6,11,16H,3,7-10H2,1-2H3,(H,19,21). The molecule has 0 radical (unpaired) electrons. The van der Waals surface area contributed by atoms with Gasteiger partial charge in [0.05, 0.1) is 5.69 Å². The summed E-state index contributed by atoms with van der Waals surface area (Å²) in [6.45, 7) is 4.11. The van der Waals surface area contributed by atoms with Crippen LogP contribution in [0.1, 0.15) is 25.5 Å². The summed E-state index contributed by atoms with van der Waals surface area (Å²) in [5.74, 6) is 0.546. The molecule has 4 rings (SSSR count). The fourth-order valence-electron chi connectivity index (χ4n) is 3.50. The van der Waals surface area contributed by atoms with Crippen molar-refractivity contribution in [2.24, 2.45) is 10.9 Å². The summed E-state index contributed by atoms with van der Waals surface area (Å²) in [6.07, 6.45) is 2.60. The first kappa shape index (κ1) is 15.5. The number of hydrogen-bond donors (Lipinski definition) is 1. The number of aromatic nitrogens is 2. The smallest absolute Gasteiger partial charge is 0.247 e. The highest BCUT2D eigenvalue weighted by atomic mass is 19.1. The number of hydroxylamine groups is 1. The zero-order chi connectivity index (χ0) is 16.7. The second-order valence-electron chi connectivity index (χ2n) is 6.55. The number of piperidine rings is 1. The monoisotopic (exact) mass is 331 g/mol. The van der Waals surface area contributed by atoms with Crippen molar-refractivity contribution < 1.29 is 9.23 Å². The molecular weight excluding hydrogens is 309 g/mol. The van der Waals surface area contributed by atoms with E-state index >= 15 is 0 Å². The fourth-order valence-corrected chi connectivity index (χ4v) is 3.50. The van der Waals surface area contributed by atoms with E-state index < -0.39 is 0 Å². The molecule has 1 atom stereocenters. The molecule has 0 amide bonds. The molecular formula is C17H22FN5O. The number of aliphatic imine (C=N–C) groups is 1. The van der Waals surface area contributed by atoms with Crippen LogP contribution in [-0.4, -0.2) is 47.0 Å². The summed E-state index contributed by atoms with van der Waals surface area (Å²) in [4.78, 5) is 12.6. The van der Waals surface area contributed by atoms with Crippen LogP contribution >= 0.6 is 0 Å². The van der Waals surface area contributed by atoms with Crippen LogP contribution in [-0.2, 0) is 11.3 Å². The van der Waals surface area contributed by atoms with Crippen LogP contribution in [0.15, 0.2) is 23.2 Å². The molecule has 2 aromatic rings. The van der Waals surface area contributed by atoms with Crippen LogP contribution in [0.3, 0.4) is 0 Å². The first-order chi connectivity index (χ1) is 11.7. The van der Waals surface area contributed by atoms with Gasteiger partial charge in [0.1, 0.15) is 11.3 Å². The average Bonchev–Trinajstić information content (AvgIpc) is 3.20. The SMILES string of the molecule is CCc1nn(C2=NC(C3CCN(C)CC3)ON2)c2c(F)cccc12. The maximum Gasteiger partial charge on any atom is 0.247 e. The van der Waals surface area contributed by atoms with Crippen LogP contribution in [0, 0.1) is 11.7 Å². The van der Waals surface area contributed by atoms with Gasteiger partial charge in [0.25, 0.3) is 0 Å². The van der Waals surface area contributed by atoms with Crippen molar-refractivity contribution in [1.82, 2.24) is 20.2 Å². The van der Waals surface area contributed by atoms with Gasteiger partial charge >= 0.3 is 0 Å². The fraction of sp³-hybridized carbons (Fsp3) is 0.529. The van der Waals surface area contributed by atoms with E-state index in [2.05, 4.69) is 27.5 Å². The molecule has 0 bridgehead atoms. The maximum absolute atomic E-state index is 14.4. The van der Waals surface area contributed by atoms with Crippen LogP contribution in [0.2, 0.25) is 0 Å². The molecule has 1 unspecified atom stereocenters. The zero-order valence-corrected chi connectivity index (χ0v) is 14.0. The van der Waals surface area contributed by atoms with Gasteiger partial charge in [-0.15, -0.1) is 0 Å². The topological polar surface area (TPSA) is 54.7 Å². The largest absolute Gasteiger partial charge is 0.306 e. The Morgan fingerprint density at radius 1 is 1.33 bits per heavy atom. The summed E-state index contributed by atoms with van der Waals surface area (Å²) in [5, 5.41) is 5.36. The van der Waals surface area contributed by atoms with Gasteiger partial charge in [-0.05, 0) is 45.5 Å². The van der Waals surface area contributed by atoms with E-state index in [1.165, 1.54) is 6.07 Å². The van der Waals surface area contributed by atoms with Gasteiger partial charge in [-0.1, -0.05) is 19.1 Å². The van der Waals surface area contributed by atoms with Crippen molar-refractivity contribution in [1.29, 1.82) is 0 Å². The lowest BCUT2D eigenvalue weighted by Gasteiger charge is -2.30. The molecule has 3 heterocycles. The Labute approximate surface area is 140 Å². The molecule has 1 fully saturated rings. The van der Waals surface area contributed by atoms with Gasteiger partial charge in [-0.2, -0.15) is 9.78 Å². The molecule has 0 aliphatic carbocycles. The van der Waals surface area contributed by atoms with Crippen LogP contribution in [0.5, 0.6) is 0 Å². The van der Waals surface area contributed by atoms with E-state index in [-0.39, 0.29) is 12.0 Å². The summed E-state index contributed by atoms with van der Waals surface area (Å²) in [7, 11) is 2.13. The lowest BCUT2D eigenvalue weighted by molar-refractivity contribution is -0.0162. The van der Waals surface area contributed by atoms with Gasteiger partial charge in [0, 0.05) is 11.3 Å². The van der Waals surface area contributed by atoms with Crippen LogP contribution in [0.4, 0.5) is 4.39 Å². The molecule has 1 aromatic heterocycles. The molecule has 0 saturated carbocycles. The molecule has 2 aliphatic rings. The summed E-state index contributed by atoms with van der Waals surface area (Å²) < 4.78 is 15.9. The molecule has 6 nitrogen and oxygen atoms in total. The third-order valence-corrected chi connectivity index (χ3v) is 4.95. The Balaban J connectivity index is 1.67. The highest BCUT2D eigenvalue weighted by Crippen LogP contribution is 2.26. The van der Waals surface area contributed by atoms with Gasteiger partial charge in [-0.3, -0.25) is 0 Å². The van der Waals surface area contributed by atoms with E-state index in [0.717, 1.165) is 43.4 Å². The van der Waals surface area contributed by atoms with E-state index in [4.69, 9.17) is 4.84 Å². The van der Waals surface area contributed by atoms with Crippen molar-refractivity contribution >= 4 is 16.9 Å². The lowest BCUT2D eigenvalue weighted by Crippen LogP contribution is -2.35. The van der Waals surface area contributed by atoms with Crippen molar-refractivity contribution in [2.45, 2.75) is 32.4 Å². The molecule has 7 heteroatoms. The third kappa shape index (κ3) is 2.57. The summed E-state index contributed by atoms with van der Waals surface area (Å²) in [5.41, 5.74) is 4.17. The number of fused-ring (bicyclic) bond motifs is 1. The number of para-hydroxylation sites is 1. The minimum absolute atomic E-state index is 0.232. The number of nitrogens with zero attached hydrogens (tertiary/aromatic N) is 4. The number of nitrogens with one attached hydrogen (secondary N) is 1. The molecule has 2 aliphatic heterocycles. The van der Waals surface area contributed by atoms with Gasteiger partial charge < -0.3 is 4.90 Å². The number of rotatable bonds is 2. The second kappa shape index (κ2) is 6.14. The van der Waals surface area contributed by atoms with E-state index in [0.29, 0.717) is 17.4 Å². The average molecular weight is 331 g/mol. The van der Waals surface area contributed by atoms with Crippen molar-refractivity contribution in [3.8, 4) is 0 Å². The zero-order valence-electron chi connectivity index (χ0n) is 14.0. The summed E-state index contributed by atoms with van der Waals surface area (Å²) in [6, 6.07) is 5.06. The third-order valence-electron chi connectivity index (χ3n) is 4.95. The van der Waals surface area contributed by atoms with Crippen LogP contribution in [0.25, 0.3) is 10.9 Å². The first-order valence-electron chi connectivity index (χ1n) is 8.52. The summed E-state index contributed by atoms with van der Waals surface area (Å²) >= 11 is 0. The Morgan fingerprint density at radius 2 is 2.12 bits per heavy atom. The number of halogens is 1. The number of hydrogen-bond acceptors (Lipinski definition) is 5. The Bertz CT molecular complexity index is 779. The molecule has 24 heavy (non-hydrogen) atoms. The number of aryl methyl sites for hydroxylation is 1. The Kier molecular flexibility index (Phi) is 3.97. The highest BCUT2D eigenvalue weighted by Gasteiger charge is 2.31. The normalized spacial score (nSPS) is 22.8. The molecule has 1 saturated heterocycles. The first-order valence-corrected chi connectivity index (χ1v) is 8.52. The predicted molar refractivity (Wildman–Crippen MR) is 90.1 cm³/mol. The Morgan fingerprint density at radius 3 is 2.88 bits per heavy atom. The highest BCUT2D eigenvalue weighted by molar-refractivity contribution is 5.94. The number of benzene rings is 1. The van der Waals surface area contributed by atoms with Gasteiger partial charge in [-0.25, -0.2) is 19.7 Å². The lowest BCUT2D eigenvalue weighted by atomic mass is 9.96.